The van der Waals surface area contributed by atoms with Gasteiger partial charge in [0.1, 0.15) is 16.7 Å². The molecule has 43 heavy (non-hydrogen) atoms. The predicted molar refractivity (Wildman–Crippen MR) is 172 cm³/mol. The molecule has 0 aliphatic heterocycles. The summed E-state index contributed by atoms with van der Waals surface area (Å²) in [5.74, 6) is -3.77. The number of aliphatic hydroxyl groups is 1. The lowest BCUT2D eigenvalue weighted by molar-refractivity contribution is -0.175. The number of hydrogen-bond donors (Lipinski definition) is 3. The van der Waals surface area contributed by atoms with E-state index in [0.717, 1.165) is 28.4 Å². The van der Waals surface area contributed by atoms with Crippen LogP contribution in [0, 0.1) is 28.1 Å². The van der Waals surface area contributed by atoms with Gasteiger partial charge < -0.3 is 15.3 Å². The number of rotatable bonds is 9. The summed E-state index contributed by atoms with van der Waals surface area (Å²) in [6.07, 6.45) is 7.06. The Bertz CT molecular complexity index is 1470. The zero-order chi connectivity index (χ0) is 32.7. The van der Waals surface area contributed by atoms with Crippen LogP contribution in [0.2, 0.25) is 0 Å². The van der Waals surface area contributed by atoms with Crippen LogP contribution in [0.1, 0.15) is 93.6 Å². The van der Waals surface area contributed by atoms with Crippen LogP contribution in [0.15, 0.2) is 70.9 Å². The van der Waals surface area contributed by atoms with Crippen molar-refractivity contribution in [3.05, 3.63) is 76.4 Å². The van der Waals surface area contributed by atoms with E-state index in [9.17, 15) is 24.9 Å². The number of carbonyl (C=O) groups is 3. The van der Waals surface area contributed by atoms with E-state index in [1.165, 1.54) is 12.1 Å². The molecule has 232 valence electrons. The van der Waals surface area contributed by atoms with Gasteiger partial charge in [-0.05, 0) is 110 Å². The van der Waals surface area contributed by atoms with Crippen LogP contribution in [-0.4, -0.2) is 32.7 Å². The van der Waals surface area contributed by atoms with Gasteiger partial charge in [0.05, 0.1) is 5.41 Å². The van der Waals surface area contributed by atoms with E-state index in [0.29, 0.717) is 6.42 Å². The van der Waals surface area contributed by atoms with Crippen LogP contribution < -0.4 is 0 Å². The van der Waals surface area contributed by atoms with Gasteiger partial charge in [0, 0.05) is 5.56 Å². The van der Waals surface area contributed by atoms with E-state index in [4.69, 9.17) is 0 Å². The van der Waals surface area contributed by atoms with Crippen molar-refractivity contribution in [2.75, 3.05) is 0 Å². The number of carbonyl (C=O) groups excluding carboxylic acids is 3. The van der Waals surface area contributed by atoms with E-state index >= 15 is 4.79 Å². The number of benzene rings is 1. The van der Waals surface area contributed by atoms with E-state index in [1.807, 2.05) is 68.4 Å². The summed E-state index contributed by atoms with van der Waals surface area (Å²) in [6, 6.07) is 3.63. The first-order valence-electron chi connectivity index (χ1n) is 15.0. The maximum atomic E-state index is 15.1. The van der Waals surface area contributed by atoms with Crippen LogP contribution in [0.5, 0.6) is 11.5 Å². The molecule has 3 N–H and O–H groups in total. The summed E-state index contributed by atoms with van der Waals surface area (Å²) in [6.45, 7) is 21.7. The van der Waals surface area contributed by atoms with Gasteiger partial charge in [-0.2, -0.15) is 0 Å². The Labute approximate surface area is 256 Å². The molecule has 0 unspecified atom stereocenters. The first kappa shape index (κ1) is 33.8. The summed E-state index contributed by atoms with van der Waals surface area (Å²) < 4.78 is 0. The van der Waals surface area contributed by atoms with Crippen molar-refractivity contribution in [2.45, 2.75) is 88.0 Å². The Balaban J connectivity index is 2.49. The average Bonchev–Trinajstić information content (AvgIpc) is 2.89. The molecule has 6 nitrogen and oxygen atoms in total. The number of Topliss-reactive ketones (excluding diaryl/α,β-unsaturated/α-hetero) is 3. The quantitative estimate of drug-likeness (QED) is 0.0667. The molecule has 2 fully saturated rings. The fraction of sp³-hybridized carbons (Fsp3) is 0.486. The topological polar surface area (TPSA) is 112 Å². The van der Waals surface area contributed by atoms with Crippen molar-refractivity contribution in [3.63, 3.8) is 0 Å². The third-order valence-corrected chi connectivity index (χ3v) is 9.63. The number of phenolic OH excluding ortho intramolecular Hbond substituents is 2. The zero-order valence-corrected chi connectivity index (χ0v) is 27.2. The molecule has 0 saturated heterocycles. The number of ketones is 3. The van der Waals surface area contributed by atoms with Crippen LogP contribution in [0.4, 0.5) is 0 Å². The van der Waals surface area contributed by atoms with Crippen LogP contribution >= 0.6 is 0 Å². The van der Waals surface area contributed by atoms with Gasteiger partial charge in [-0.3, -0.25) is 14.4 Å². The van der Waals surface area contributed by atoms with E-state index in [2.05, 4.69) is 18.7 Å². The van der Waals surface area contributed by atoms with E-state index < -0.39 is 50.6 Å². The van der Waals surface area contributed by atoms with Crippen molar-refractivity contribution in [1.82, 2.24) is 0 Å². The molecule has 1 aromatic rings. The summed E-state index contributed by atoms with van der Waals surface area (Å²) in [5.41, 5.74) is -0.643. The molecule has 4 atom stereocenters. The highest BCUT2D eigenvalue weighted by Gasteiger charge is 2.74. The molecule has 0 radical (unpaired) electrons. The first-order chi connectivity index (χ1) is 19.8. The molecule has 1 aromatic carbocycles. The Morgan fingerprint density at radius 1 is 0.930 bits per heavy atom. The third-order valence-electron chi connectivity index (χ3n) is 9.63. The largest absolute Gasteiger partial charge is 0.506 e. The summed E-state index contributed by atoms with van der Waals surface area (Å²) in [4.78, 5) is 44.8. The molecular formula is C37H48O6. The SMILES string of the molecule is C=C(C)[C@@H](CC=C(C)C)C[C@@]12C[C@@H](C=C(C)C)C(C)(C)[C@@](CC=C(C)C)(C(=O)C(=C(O)c3ccc(O)c(O)c3)C1=O)C2=O. The first-order valence-corrected chi connectivity index (χ1v) is 15.0. The van der Waals surface area contributed by atoms with Crippen molar-refractivity contribution in [2.24, 2.45) is 28.1 Å². The van der Waals surface area contributed by atoms with Crippen LogP contribution in [-0.2, 0) is 14.4 Å². The highest BCUT2D eigenvalue weighted by Crippen LogP contribution is 2.66. The van der Waals surface area contributed by atoms with E-state index in [1.54, 1.807) is 0 Å². The molecule has 3 rings (SSSR count). The Hall–Kier alpha value is -3.67. The van der Waals surface area contributed by atoms with Gasteiger partial charge in [-0.25, -0.2) is 0 Å². The molecule has 2 saturated carbocycles. The number of allylic oxidation sites excluding steroid dienone is 8. The fourth-order valence-electron chi connectivity index (χ4n) is 6.92. The van der Waals surface area contributed by atoms with Crippen molar-refractivity contribution in [1.29, 1.82) is 0 Å². The lowest BCUT2D eigenvalue weighted by atomic mass is 9.38. The number of fused-ring (bicyclic) bond motifs is 2. The number of aromatic hydroxyl groups is 2. The van der Waals surface area contributed by atoms with Gasteiger partial charge in [0.15, 0.2) is 28.8 Å². The molecule has 0 spiro atoms. The number of phenols is 2. The minimum atomic E-state index is -1.63. The van der Waals surface area contributed by atoms with Gasteiger partial charge in [-0.1, -0.05) is 60.9 Å². The summed E-state index contributed by atoms with van der Waals surface area (Å²) >= 11 is 0. The monoisotopic (exact) mass is 588 g/mol. The van der Waals surface area contributed by atoms with Crippen molar-refractivity contribution >= 4 is 23.1 Å². The minimum Gasteiger partial charge on any atom is -0.506 e. The maximum Gasteiger partial charge on any atom is 0.184 e. The second kappa shape index (κ2) is 12.1. The van der Waals surface area contributed by atoms with Crippen molar-refractivity contribution < 1.29 is 29.7 Å². The fourth-order valence-corrected chi connectivity index (χ4v) is 6.92. The Morgan fingerprint density at radius 3 is 2.05 bits per heavy atom. The van der Waals surface area contributed by atoms with E-state index in [-0.39, 0.29) is 42.4 Å². The second-order valence-electron chi connectivity index (χ2n) is 13.9. The lowest BCUT2D eigenvalue weighted by Crippen LogP contribution is -2.69. The smallest absolute Gasteiger partial charge is 0.184 e. The molecule has 0 amide bonds. The average molecular weight is 589 g/mol. The molecule has 6 heteroatoms. The Kier molecular flexibility index (Phi) is 9.55. The predicted octanol–water partition coefficient (Wildman–Crippen LogP) is 8.37. The second-order valence-corrected chi connectivity index (χ2v) is 13.9. The van der Waals surface area contributed by atoms with Gasteiger partial charge >= 0.3 is 0 Å². The van der Waals surface area contributed by atoms with Gasteiger partial charge in [-0.15, -0.1) is 0 Å². The third kappa shape index (κ3) is 5.81. The number of hydrogen-bond acceptors (Lipinski definition) is 6. The van der Waals surface area contributed by atoms with Crippen molar-refractivity contribution in [3.8, 4) is 11.5 Å². The molecule has 2 aliphatic carbocycles. The molecule has 0 heterocycles. The normalized spacial score (nSPS) is 26.3. The molecule has 2 bridgehead atoms. The summed E-state index contributed by atoms with van der Waals surface area (Å²) in [7, 11) is 0. The minimum absolute atomic E-state index is 0.00610. The molecule has 0 aromatic heterocycles. The van der Waals surface area contributed by atoms with Crippen LogP contribution in [0.3, 0.4) is 0 Å². The standard InChI is InChI=1S/C37H48O6/c1-21(2)11-12-26(24(7)8)19-36-20-27(17-23(5)6)35(9,10)37(34(36)43,16-15-22(3)4)33(42)30(32(36)41)31(40)25-13-14-28(38)29(39)18-25/h11,13-15,17-18,26-27,38-40H,7,12,16,19-20H2,1-6,8-10H3/t26-,27+,36+,37-/m0/s1. The molecule has 2 aliphatic rings. The lowest BCUT2D eigenvalue weighted by Gasteiger charge is -2.60. The summed E-state index contributed by atoms with van der Waals surface area (Å²) in [5, 5.41) is 31.7. The maximum absolute atomic E-state index is 15.1. The Morgan fingerprint density at radius 2 is 1.53 bits per heavy atom. The van der Waals surface area contributed by atoms with Gasteiger partial charge in [0.2, 0.25) is 0 Å². The van der Waals surface area contributed by atoms with Crippen LogP contribution in [0.25, 0.3) is 5.76 Å². The highest BCUT2D eigenvalue weighted by molar-refractivity contribution is 6.41. The molecular weight excluding hydrogens is 540 g/mol. The zero-order valence-electron chi connectivity index (χ0n) is 27.2. The highest BCUT2D eigenvalue weighted by atomic mass is 16.3. The number of aliphatic hydroxyl groups excluding tert-OH is 1. The van der Waals surface area contributed by atoms with Gasteiger partial charge in [0.25, 0.3) is 0 Å².